The summed E-state index contributed by atoms with van der Waals surface area (Å²) in [5.74, 6) is 1.70. The standard InChI is InChI=1S/C13H16BrClO2/c1-13(2)6-8(15)10-11(13)9(16-3)5-7(14)12(10)17-4/h5,8H,6H2,1-4H3. The van der Waals surface area contributed by atoms with Crippen LogP contribution in [-0.2, 0) is 5.41 Å². The summed E-state index contributed by atoms with van der Waals surface area (Å²) in [4.78, 5) is 0. The zero-order chi connectivity index (χ0) is 12.8. The van der Waals surface area contributed by atoms with Crippen LogP contribution in [0.15, 0.2) is 10.5 Å². The van der Waals surface area contributed by atoms with Crippen molar-refractivity contribution in [2.45, 2.75) is 31.1 Å². The first-order valence-electron chi connectivity index (χ1n) is 5.51. The number of halogens is 2. The molecule has 0 amide bonds. The molecule has 4 heteroatoms. The van der Waals surface area contributed by atoms with Crippen molar-refractivity contribution in [3.05, 3.63) is 21.7 Å². The minimum atomic E-state index is -0.0265. The number of fused-ring (bicyclic) bond motifs is 1. The second-order valence-electron chi connectivity index (χ2n) is 4.94. The van der Waals surface area contributed by atoms with E-state index in [1.165, 1.54) is 5.56 Å². The van der Waals surface area contributed by atoms with E-state index in [2.05, 4.69) is 29.8 Å². The van der Waals surface area contributed by atoms with Crippen LogP contribution in [0.3, 0.4) is 0 Å². The lowest BCUT2D eigenvalue weighted by Crippen LogP contribution is -2.13. The topological polar surface area (TPSA) is 18.5 Å². The third-order valence-electron chi connectivity index (χ3n) is 3.34. The molecular weight excluding hydrogens is 303 g/mol. The van der Waals surface area contributed by atoms with Crippen molar-refractivity contribution in [3.8, 4) is 11.5 Å². The van der Waals surface area contributed by atoms with Crippen LogP contribution in [0.5, 0.6) is 11.5 Å². The molecule has 1 unspecified atom stereocenters. The highest BCUT2D eigenvalue weighted by atomic mass is 79.9. The van der Waals surface area contributed by atoms with Crippen LogP contribution < -0.4 is 9.47 Å². The van der Waals surface area contributed by atoms with Crippen LogP contribution in [0.1, 0.15) is 36.8 Å². The molecule has 0 saturated carbocycles. The lowest BCUT2D eigenvalue weighted by Gasteiger charge is -2.22. The number of alkyl halides is 1. The Morgan fingerprint density at radius 3 is 2.53 bits per heavy atom. The second kappa shape index (κ2) is 4.36. The molecule has 2 nitrogen and oxygen atoms in total. The van der Waals surface area contributed by atoms with Crippen molar-refractivity contribution in [1.29, 1.82) is 0 Å². The predicted octanol–water partition coefficient (Wildman–Crippen LogP) is 4.43. The summed E-state index contributed by atoms with van der Waals surface area (Å²) in [6, 6.07) is 1.95. The summed E-state index contributed by atoms with van der Waals surface area (Å²) in [5.41, 5.74) is 2.24. The van der Waals surface area contributed by atoms with Gasteiger partial charge in [0.15, 0.2) is 0 Å². The van der Waals surface area contributed by atoms with E-state index in [-0.39, 0.29) is 10.8 Å². The molecule has 0 radical (unpaired) electrons. The Hall–Kier alpha value is -0.410. The molecule has 0 fully saturated rings. The molecule has 94 valence electrons. The summed E-state index contributed by atoms with van der Waals surface area (Å²) >= 11 is 9.96. The first-order valence-corrected chi connectivity index (χ1v) is 6.74. The Morgan fingerprint density at radius 1 is 1.35 bits per heavy atom. The molecule has 1 atom stereocenters. The van der Waals surface area contributed by atoms with Crippen LogP contribution in [0, 0.1) is 0 Å². The quantitative estimate of drug-likeness (QED) is 0.751. The van der Waals surface area contributed by atoms with Crippen molar-refractivity contribution in [2.75, 3.05) is 14.2 Å². The molecule has 2 rings (SSSR count). The molecule has 0 bridgehead atoms. The van der Waals surface area contributed by atoms with Gasteiger partial charge >= 0.3 is 0 Å². The molecule has 0 aromatic heterocycles. The van der Waals surface area contributed by atoms with Gasteiger partial charge in [-0.05, 0) is 33.8 Å². The van der Waals surface area contributed by atoms with Gasteiger partial charge in [-0.25, -0.2) is 0 Å². The zero-order valence-corrected chi connectivity index (χ0v) is 12.8. The Labute approximate surface area is 115 Å². The first kappa shape index (κ1) is 13.0. The van der Waals surface area contributed by atoms with Crippen LogP contribution in [-0.4, -0.2) is 14.2 Å². The van der Waals surface area contributed by atoms with Crippen LogP contribution in [0.25, 0.3) is 0 Å². The lowest BCUT2D eigenvalue weighted by atomic mass is 9.86. The SMILES string of the molecule is COc1cc(Br)c(OC)c2c1C(C)(C)CC2Cl. The Balaban J connectivity index is 2.77. The maximum absolute atomic E-state index is 6.46. The Kier molecular flexibility index (Phi) is 3.34. The van der Waals surface area contributed by atoms with E-state index in [1.54, 1.807) is 14.2 Å². The van der Waals surface area contributed by atoms with Gasteiger partial charge in [-0.2, -0.15) is 0 Å². The van der Waals surface area contributed by atoms with Gasteiger partial charge in [0.05, 0.1) is 24.1 Å². The highest BCUT2D eigenvalue weighted by Crippen LogP contribution is 2.56. The lowest BCUT2D eigenvalue weighted by molar-refractivity contribution is 0.387. The van der Waals surface area contributed by atoms with Gasteiger partial charge in [-0.1, -0.05) is 13.8 Å². The van der Waals surface area contributed by atoms with E-state index in [1.807, 2.05) is 6.07 Å². The number of ether oxygens (including phenoxy) is 2. The monoisotopic (exact) mass is 318 g/mol. The van der Waals surface area contributed by atoms with Gasteiger partial charge in [0.1, 0.15) is 11.5 Å². The van der Waals surface area contributed by atoms with Gasteiger partial charge in [0.2, 0.25) is 0 Å². The molecule has 17 heavy (non-hydrogen) atoms. The molecule has 1 aliphatic rings. The smallest absolute Gasteiger partial charge is 0.138 e. The predicted molar refractivity (Wildman–Crippen MR) is 73.5 cm³/mol. The normalized spacial score (nSPS) is 21.2. The molecular formula is C13H16BrClO2. The summed E-state index contributed by atoms with van der Waals surface area (Å²) in [5, 5.41) is -0.0265. The Bertz CT molecular complexity index is 457. The Morgan fingerprint density at radius 2 is 2.00 bits per heavy atom. The number of methoxy groups -OCH3 is 2. The van der Waals surface area contributed by atoms with E-state index >= 15 is 0 Å². The van der Waals surface area contributed by atoms with Gasteiger partial charge in [-0.3, -0.25) is 0 Å². The number of benzene rings is 1. The van der Waals surface area contributed by atoms with Crippen molar-refractivity contribution in [3.63, 3.8) is 0 Å². The average Bonchev–Trinajstić information content (AvgIpc) is 2.48. The molecule has 1 aromatic rings. The molecule has 1 aromatic carbocycles. The molecule has 0 heterocycles. The first-order chi connectivity index (χ1) is 7.92. The largest absolute Gasteiger partial charge is 0.496 e. The van der Waals surface area contributed by atoms with E-state index in [9.17, 15) is 0 Å². The molecule has 0 spiro atoms. The number of rotatable bonds is 2. The summed E-state index contributed by atoms with van der Waals surface area (Å²) < 4.78 is 11.8. The van der Waals surface area contributed by atoms with Gasteiger partial charge < -0.3 is 9.47 Å². The van der Waals surface area contributed by atoms with Crippen molar-refractivity contribution < 1.29 is 9.47 Å². The molecule has 0 saturated heterocycles. The van der Waals surface area contributed by atoms with E-state index < -0.39 is 0 Å². The molecule has 0 N–H and O–H groups in total. The average molecular weight is 320 g/mol. The molecule has 0 aliphatic heterocycles. The fourth-order valence-electron chi connectivity index (χ4n) is 2.65. The fourth-order valence-corrected chi connectivity index (χ4v) is 3.82. The van der Waals surface area contributed by atoms with E-state index in [0.717, 1.165) is 28.0 Å². The van der Waals surface area contributed by atoms with Gasteiger partial charge in [0.25, 0.3) is 0 Å². The third kappa shape index (κ3) is 1.93. The van der Waals surface area contributed by atoms with Gasteiger partial charge in [0, 0.05) is 11.1 Å². The highest BCUT2D eigenvalue weighted by molar-refractivity contribution is 9.10. The van der Waals surface area contributed by atoms with E-state index in [0.29, 0.717) is 0 Å². The van der Waals surface area contributed by atoms with Crippen LogP contribution in [0.2, 0.25) is 0 Å². The van der Waals surface area contributed by atoms with Crippen LogP contribution >= 0.6 is 27.5 Å². The van der Waals surface area contributed by atoms with Crippen molar-refractivity contribution in [1.82, 2.24) is 0 Å². The number of hydrogen-bond acceptors (Lipinski definition) is 2. The van der Waals surface area contributed by atoms with Gasteiger partial charge in [-0.15, -0.1) is 11.6 Å². The fraction of sp³-hybridized carbons (Fsp3) is 0.538. The van der Waals surface area contributed by atoms with Crippen molar-refractivity contribution in [2.24, 2.45) is 0 Å². The third-order valence-corrected chi connectivity index (χ3v) is 4.30. The minimum absolute atomic E-state index is 0.0150. The summed E-state index contributed by atoms with van der Waals surface area (Å²) in [6.07, 6.45) is 0.896. The van der Waals surface area contributed by atoms with E-state index in [4.69, 9.17) is 21.1 Å². The highest BCUT2D eigenvalue weighted by Gasteiger charge is 2.41. The summed E-state index contributed by atoms with van der Waals surface area (Å²) in [6.45, 7) is 4.37. The zero-order valence-electron chi connectivity index (χ0n) is 10.4. The van der Waals surface area contributed by atoms with Crippen molar-refractivity contribution >= 4 is 27.5 Å². The molecule has 1 aliphatic carbocycles. The second-order valence-corrected chi connectivity index (χ2v) is 6.32. The number of hydrogen-bond donors (Lipinski definition) is 0. The maximum Gasteiger partial charge on any atom is 0.138 e. The minimum Gasteiger partial charge on any atom is -0.496 e. The maximum atomic E-state index is 6.46. The summed E-state index contributed by atoms with van der Waals surface area (Å²) in [7, 11) is 3.36. The van der Waals surface area contributed by atoms with Crippen LogP contribution in [0.4, 0.5) is 0 Å².